The van der Waals surface area contributed by atoms with Gasteiger partial charge in [-0.1, -0.05) is 129 Å². The van der Waals surface area contributed by atoms with Gasteiger partial charge in [-0.2, -0.15) is 0 Å². The Morgan fingerprint density at radius 3 is 1.45 bits per heavy atom. The molecule has 6 rings (SSSR count). The molecule has 0 atom stereocenters. The fourth-order valence-corrected chi connectivity index (χ4v) is 5.60. The summed E-state index contributed by atoms with van der Waals surface area (Å²) in [7, 11) is 0. The Hall–Kier alpha value is -5.42. The molecule has 1 heterocycles. The van der Waals surface area contributed by atoms with Crippen molar-refractivity contribution in [1.82, 2.24) is 9.97 Å². The average molecular weight is 578 g/mol. The number of ether oxygens (including phenoxy) is 2. The highest BCUT2D eigenvalue weighted by atomic mass is 16.5. The number of aromatic nitrogens is 2. The molecule has 0 saturated heterocycles. The van der Waals surface area contributed by atoms with Gasteiger partial charge < -0.3 is 15.2 Å². The summed E-state index contributed by atoms with van der Waals surface area (Å²) in [5.41, 5.74) is 10.9. The molecule has 5 heteroatoms. The zero-order valence-electron chi connectivity index (χ0n) is 24.9. The molecular formula is C39H35N3O2. The second-order valence-electron chi connectivity index (χ2n) is 11.2. The third-order valence-corrected chi connectivity index (χ3v) is 8.08. The van der Waals surface area contributed by atoms with Crippen molar-refractivity contribution in [2.24, 2.45) is 0 Å². The van der Waals surface area contributed by atoms with E-state index < -0.39 is 5.60 Å². The van der Waals surface area contributed by atoms with Crippen molar-refractivity contribution in [3.8, 4) is 11.5 Å². The smallest absolute Gasteiger partial charge is 0.220 e. The fraction of sp³-hybridized carbons (Fsp3) is 0.128. The first kappa shape index (κ1) is 28.7. The minimum absolute atomic E-state index is 0.241. The van der Waals surface area contributed by atoms with E-state index in [4.69, 9.17) is 15.2 Å². The first-order valence-electron chi connectivity index (χ1n) is 14.7. The summed E-state index contributed by atoms with van der Waals surface area (Å²) in [4.78, 5) is 8.13. The van der Waals surface area contributed by atoms with Crippen molar-refractivity contribution >= 4 is 5.95 Å². The molecular weight excluding hydrogens is 542 g/mol. The molecule has 0 amide bonds. The molecule has 218 valence electrons. The van der Waals surface area contributed by atoms with Gasteiger partial charge in [0.15, 0.2) is 5.60 Å². The summed E-state index contributed by atoms with van der Waals surface area (Å²) < 4.78 is 13.0. The van der Waals surface area contributed by atoms with Crippen LogP contribution in [-0.2, 0) is 17.6 Å². The molecule has 0 saturated carbocycles. The number of nitrogens with zero attached hydrogens (tertiary/aromatic N) is 2. The lowest BCUT2D eigenvalue weighted by Gasteiger charge is -2.36. The molecule has 0 aliphatic rings. The Balaban J connectivity index is 1.27. The van der Waals surface area contributed by atoms with Crippen molar-refractivity contribution in [1.29, 1.82) is 0 Å². The molecule has 0 aliphatic heterocycles. The molecule has 0 radical (unpaired) electrons. The van der Waals surface area contributed by atoms with Gasteiger partial charge in [-0.15, -0.1) is 0 Å². The van der Waals surface area contributed by atoms with Crippen LogP contribution < -0.4 is 15.2 Å². The van der Waals surface area contributed by atoms with E-state index >= 15 is 0 Å². The molecule has 0 aliphatic carbocycles. The van der Waals surface area contributed by atoms with Crippen molar-refractivity contribution in [2.75, 3.05) is 5.73 Å². The van der Waals surface area contributed by atoms with Gasteiger partial charge in [-0.25, -0.2) is 9.97 Å². The summed E-state index contributed by atoms with van der Waals surface area (Å²) in [6, 6.07) is 49.7. The van der Waals surface area contributed by atoms with Crippen LogP contribution in [0.1, 0.15) is 47.4 Å². The predicted octanol–water partition coefficient (Wildman–Crippen LogP) is 8.33. The topological polar surface area (TPSA) is 70.3 Å². The first-order valence-corrected chi connectivity index (χ1v) is 14.7. The molecule has 44 heavy (non-hydrogen) atoms. The summed E-state index contributed by atoms with van der Waals surface area (Å²) in [6.07, 6.45) is 1.63. The Labute approximate surface area is 259 Å². The molecule has 0 bridgehead atoms. The number of nitrogen functional groups attached to an aromatic ring is 1. The lowest BCUT2D eigenvalue weighted by Crippen LogP contribution is -2.36. The highest BCUT2D eigenvalue weighted by molar-refractivity contribution is 5.50. The fourth-order valence-electron chi connectivity index (χ4n) is 5.60. The SMILES string of the molecule is CC(C)(c1ccc(OCc2ccnc(N)n2)cc1)c1ccc(OC(c2ccccc2)(c2ccccc2)c2ccccc2)cc1. The molecule has 0 unspecified atom stereocenters. The molecule has 6 aromatic rings. The van der Waals surface area contributed by atoms with Gasteiger partial charge >= 0.3 is 0 Å². The van der Waals surface area contributed by atoms with Gasteiger partial charge in [0, 0.05) is 28.3 Å². The van der Waals surface area contributed by atoms with Crippen molar-refractivity contribution in [2.45, 2.75) is 31.5 Å². The van der Waals surface area contributed by atoms with Gasteiger partial charge in [-0.3, -0.25) is 0 Å². The maximum absolute atomic E-state index is 7.09. The van der Waals surface area contributed by atoms with Crippen LogP contribution in [0.5, 0.6) is 11.5 Å². The van der Waals surface area contributed by atoms with E-state index in [1.165, 1.54) is 11.1 Å². The Morgan fingerprint density at radius 1 is 0.545 bits per heavy atom. The van der Waals surface area contributed by atoms with Crippen LogP contribution in [0.4, 0.5) is 5.95 Å². The van der Waals surface area contributed by atoms with Crippen molar-refractivity contribution < 1.29 is 9.47 Å². The first-order chi connectivity index (χ1) is 21.4. The van der Waals surface area contributed by atoms with Crippen LogP contribution in [0.3, 0.4) is 0 Å². The van der Waals surface area contributed by atoms with E-state index in [1.807, 2.05) is 30.3 Å². The van der Waals surface area contributed by atoms with Crippen LogP contribution in [0, 0.1) is 0 Å². The summed E-state index contributed by atoms with van der Waals surface area (Å²) in [6.45, 7) is 4.78. The number of nitrogens with two attached hydrogens (primary N) is 1. The van der Waals surface area contributed by atoms with Gasteiger partial charge in [0.2, 0.25) is 5.95 Å². The molecule has 0 spiro atoms. The number of benzene rings is 5. The zero-order chi connectivity index (χ0) is 30.4. The minimum Gasteiger partial charge on any atom is -0.487 e. The van der Waals surface area contributed by atoms with E-state index in [2.05, 4.69) is 133 Å². The quantitative estimate of drug-likeness (QED) is 0.166. The van der Waals surface area contributed by atoms with Gasteiger partial charge in [0.1, 0.15) is 18.1 Å². The molecule has 0 fully saturated rings. The summed E-state index contributed by atoms with van der Waals surface area (Å²) in [5, 5.41) is 0. The van der Waals surface area contributed by atoms with Crippen LogP contribution in [0.2, 0.25) is 0 Å². The van der Waals surface area contributed by atoms with E-state index in [9.17, 15) is 0 Å². The molecule has 5 aromatic carbocycles. The molecule has 2 N–H and O–H groups in total. The largest absolute Gasteiger partial charge is 0.487 e. The Morgan fingerprint density at radius 2 is 1.00 bits per heavy atom. The van der Waals surface area contributed by atoms with Crippen LogP contribution in [0.25, 0.3) is 0 Å². The van der Waals surface area contributed by atoms with E-state index in [0.717, 1.165) is 33.9 Å². The number of anilines is 1. The Bertz CT molecular complexity index is 1690. The lowest BCUT2D eigenvalue weighted by molar-refractivity contribution is 0.155. The second kappa shape index (κ2) is 12.4. The zero-order valence-corrected chi connectivity index (χ0v) is 24.9. The van der Waals surface area contributed by atoms with Crippen LogP contribution in [0.15, 0.2) is 152 Å². The minimum atomic E-state index is -0.825. The second-order valence-corrected chi connectivity index (χ2v) is 11.2. The van der Waals surface area contributed by atoms with Crippen LogP contribution >= 0.6 is 0 Å². The lowest BCUT2D eigenvalue weighted by atomic mass is 9.78. The maximum atomic E-state index is 7.09. The van der Waals surface area contributed by atoms with E-state index in [-0.39, 0.29) is 11.4 Å². The monoisotopic (exact) mass is 577 g/mol. The summed E-state index contributed by atoms with van der Waals surface area (Å²) >= 11 is 0. The Kier molecular flexibility index (Phi) is 8.11. The summed E-state index contributed by atoms with van der Waals surface area (Å²) in [5.74, 6) is 1.80. The average Bonchev–Trinajstić information content (AvgIpc) is 3.08. The molecule has 1 aromatic heterocycles. The van der Waals surface area contributed by atoms with Crippen molar-refractivity contribution in [3.63, 3.8) is 0 Å². The van der Waals surface area contributed by atoms with E-state index in [0.29, 0.717) is 6.61 Å². The number of rotatable bonds is 10. The van der Waals surface area contributed by atoms with Crippen LogP contribution in [-0.4, -0.2) is 9.97 Å². The third kappa shape index (κ3) is 5.90. The maximum Gasteiger partial charge on any atom is 0.220 e. The van der Waals surface area contributed by atoms with Crippen molar-refractivity contribution in [3.05, 3.63) is 185 Å². The van der Waals surface area contributed by atoms with Gasteiger partial charge in [0.25, 0.3) is 0 Å². The highest BCUT2D eigenvalue weighted by Gasteiger charge is 2.39. The predicted molar refractivity (Wildman–Crippen MR) is 176 cm³/mol. The highest BCUT2D eigenvalue weighted by Crippen LogP contribution is 2.42. The van der Waals surface area contributed by atoms with Gasteiger partial charge in [0.05, 0.1) is 5.69 Å². The standard InChI is InChI=1S/C39H35N3O2/c1-38(2,29-18-22-35(23-19-29)43-28-34-26-27-41-37(40)42-34)30-20-24-36(25-21-30)44-39(31-12-6-3-7-13-31,32-14-8-4-9-15-32)33-16-10-5-11-17-33/h3-27H,28H2,1-2H3,(H2,40,41,42). The number of hydrogen-bond acceptors (Lipinski definition) is 5. The molecule has 5 nitrogen and oxygen atoms in total. The van der Waals surface area contributed by atoms with E-state index in [1.54, 1.807) is 12.3 Å². The third-order valence-electron chi connectivity index (χ3n) is 8.08. The number of hydrogen-bond donors (Lipinski definition) is 1. The van der Waals surface area contributed by atoms with Gasteiger partial charge in [-0.05, 0) is 41.5 Å². The normalized spacial score (nSPS) is 11.6.